The molecule has 2 aromatic rings. The number of nitrogens with zero attached hydrogens (tertiary/aromatic N) is 3. The van der Waals surface area contributed by atoms with E-state index in [4.69, 9.17) is 0 Å². The summed E-state index contributed by atoms with van der Waals surface area (Å²) in [5.74, 6) is 1.91. The summed E-state index contributed by atoms with van der Waals surface area (Å²) >= 11 is 4.68. The van der Waals surface area contributed by atoms with E-state index in [0.29, 0.717) is 11.5 Å². The van der Waals surface area contributed by atoms with Gasteiger partial charge in [-0.15, -0.1) is 0 Å². The molecule has 1 fully saturated rings. The fraction of sp³-hybridized carbons (Fsp3) is 0.476. The number of hydrogen-bond acceptors (Lipinski definition) is 6. The van der Waals surface area contributed by atoms with Crippen molar-refractivity contribution in [2.24, 2.45) is 5.92 Å². The number of halogens is 1. The fourth-order valence-corrected chi connectivity index (χ4v) is 4.64. The van der Waals surface area contributed by atoms with Crippen molar-refractivity contribution in [3.05, 3.63) is 40.5 Å². The molecule has 1 aliphatic heterocycles. The van der Waals surface area contributed by atoms with Crippen LogP contribution in [0.5, 0.6) is 0 Å². The van der Waals surface area contributed by atoms with Crippen LogP contribution in [0.4, 0.5) is 11.6 Å². The molecule has 1 amide bonds. The minimum Gasteiger partial charge on any atom is -0.370 e. The molecule has 0 aliphatic carbocycles. The Morgan fingerprint density at radius 1 is 1.31 bits per heavy atom. The van der Waals surface area contributed by atoms with Crippen molar-refractivity contribution >= 4 is 45.4 Å². The topological polar surface area (TPSA) is 70.2 Å². The largest absolute Gasteiger partial charge is 0.370 e. The van der Waals surface area contributed by atoms with Crippen LogP contribution < -0.4 is 14.9 Å². The summed E-state index contributed by atoms with van der Waals surface area (Å²) in [6, 6.07) is 9.38. The molecule has 2 aromatic heterocycles. The van der Waals surface area contributed by atoms with Gasteiger partial charge in [0, 0.05) is 30.6 Å². The minimum atomic E-state index is -0.172. The maximum Gasteiger partial charge on any atom is 0.265 e. The van der Waals surface area contributed by atoms with Crippen molar-refractivity contribution in [1.82, 2.24) is 14.7 Å². The molecule has 0 radical (unpaired) electrons. The van der Waals surface area contributed by atoms with Gasteiger partial charge in [0.2, 0.25) is 0 Å². The van der Waals surface area contributed by atoms with Gasteiger partial charge in [0.25, 0.3) is 5.91 Å². The Bertz CT molecular complexity index is 876. The Labute approximate surface area is 185 Å². The second-order valence-corrected chi connectivity index (χ2v) is 9.70. The highest BCUT2D eigenvalue weighted by Crippen LogP contribution is 2.37. The first-order valence-electron chi connectivity index (χ1n) is 9.92. The molecular weight excluding hydrogens is 450 g/mol. The van der Waals surface area contributed by atoms with E-state index >= 15 is 0 Å². The SMILES string of the molecule is CCCNc1cccc(SNC(=O)c2ccc(Br)nc2N2CC(C)CC2(C)C)n1. The first-order chi connectivity index (χ1) is 13.8. The molecular formula is C21H28BrN5OS. The Morgan fingerprint density at radius 2 is 2.10 bits per heavy atom. The molecule has 29 heavy (non-hydrogen) atoms. The maximum atomic E-state index is 13.0. The predicted octanol–water partition coefficient (Wildman–Crippen LogP) is 5.12. The molecule has 0 spiro atoms. The molecule has 2 N–H and O–H groups in total. The Balaban J connectivity index is 1.76. The first kappa shape index (κ1) is 21.9. The zero-order valence-electron chi connectivity index (χ0n) is 17.3. The van der Waals surface area contributed by atoms with Gasteiger partial charge in [0.15, 0.2) is 0 Å². The number of aromatic nitrogens is 2. The quantitative estimate of drug-likeness (QED) is 0.425. The van der Waals surface area contributed by atoms with Crippen LogP contribution in [0.25, 0.3) is 0 Å². The molecule has 156 valence electrons. The number of rotatable bonds is 7. The third-order valence-corrected chi connectivity index (χ3v) is 6.11. The lowest BCUT2D eigenvalue weighted by Gasteiger charge is -2.33. The van der Waals surface area contributed by atoms with E-state index in [9.17, 15) is 4.79 Å². The second-order valence-electron chi connectivity index (χ2n) is 8.06. The lowest BCUT2D eigenvalue weighted by Crippen LogP contribution is -2.40. The van der Waals surface area contributed by atoms with Gasteiger partial charge in [-0.1, -0.05) is 19.9 Å². The minimum absolute atomic E-state index is 0.0454. The monoisotopic (exact) mass is 477 g/mol. The second kappa shape index (κ2) is 9.34. The van der Waals surface area contributed by atoms with Crippen molar-refractivity contribution in [2.45, 2.75) is 51.1 Å². The summed E-state index contributed by atoms with van der Waals surface area (Å²) in [6.07, 6.45) is 2.10. The molecule has 0 aromatic carbocycles. The summed E-state index contributed by atoms with van der Waals surface area (Å²) in [7, 11) is 0. The number of hydrogen-bond donors (Lipinski definition) is 2. The van der Waals surface area contributed by atoms with Crippen molar-refractivity contribution in [3.63, 3.8) is 0 Å². The van der Waals surface area contributed by atoms with Crippen LogP contribution in [0.1, 0.15) is 50.9 Å². The number of pyridine rings is 2. The van der Waals surface area contributed by atoms with E-state index in [1.54, 1.807) is 0 Å². The predicted molar refractivity (Wildman–Crippen MR) is 123 cm³/mol. The average Bonchev–Trinajstić information content (AvgIpc) is 2.96. The molecule has 1 aliphatic rings. The Hall–Kier alpha value is -1.80. The highest BCUT2D eigenvalue weighted by Gasteiger charge is 2.38. The van der Waals surface area contributed by atoms with Crippen LogP contribution >= 0.6 is 27.9 Å². The zero-order chi connectivity index (χ0) is 21.0. The molecule has 3 rings (SSSR count). The molecule has 6 nitrogen and oxygen atoms in total. The normalized spacial score (nSPS) is 18.0. The molecule has 0 saturated carbocycles. The summed E-state index contributed by atoms with van der Waals surface area (Å²) in [5, 5.41) is 4.00. The Kier molecular flexibility index (Phi) is 7.05. The first-order valence-corrected chi connectivity index (χ1v) is 11.5. The lowest BCUT2D eigenvalue weighted by atomic mass is 9.97. The molecule has 1 atom stereocenters. The van der Waals surface area contributed by atoms with Crippen LogP contribution in [0, 0.1) is 5.92 Å². The van der Waals surface area contributed by atoms with Crippen molar-refractivity contribution in [3.8, 4) is 0 Å². The molecule has 3 heterocycles. The van der Waals surface area contributed by atoms with Crippen molar-refractivity contribution < 1.29 is 4.79 Å². The third-order valence-electron chi connectivity index (χ3n) is 4.94. The van der Waals surface area contributed by atoms with Crippen LogP contribution in [0.2, 0.25) is 0 Å². The molecule has 0 bridgehead atoms. The van der Waals surface area contributed by atoms with Crippen LogP contribution in [-0.2, 0) is 0 Å². The van der Waals surface area contributed by atoms with E-state index in [1.807, 2.05) is 30.3 Å². The Morgan fingerprint density at radius 3 is 2.79 bits per heavy atom. The summed E-state index contributed by atoms with van der Waals surface area (Å²) < 4.78 is 3.65. The van der Waals surface area contributed by atoms with Gasteiger partial charge < -0.3 is 10.2 Å². The van der Waals surface area contributed by atoms with Crippen molar-refractivity contribution in [2.75, 3.05) is 23.3 Å². The fourth-order valence-electron chi connectivity index (χ4n) is 3.74. The molecule has 1 unspecified atom stereocenters. The van der Waals surface area contributed by atoms with E-state index in [0.717, 1.165) is 47.2 Å². The number of anilines is 2. The standard InChI is InChI=1S/C21H28BrN5OS/c1-5-11-23-17-7-6-8-18(25-17)29-26-20(28)15-9-10-16(22)24-19(15)27-13-14(2)12-21(27,3)4/h6-10,14H,5,11-13H2,1-4H3,(H,23,25)(H,26,28). The zero-order valence-corrected chi connectivity index (χ0v) is 19.7. The number of carbonyl (C=O) groups excluding carboxylic acids is 1. The van der Waals surface area contributed by atoms with E-state index in [-0.39, 0.29) is 11.4 Å². The highest BCUT2D eigenvalue weighted by atomic mass is 79.9. The van der Waals surface area contributed by atoms with Crippen LogP contribution in [-0.4, -0.2) is 34.5 Å². The van der Waals surface area contributed by atoms with Crippen LogP contribution in [0.3, 0.4) is 0 Å². The molecule has 1 saturated heterocycles. The number of amides is 1. The summed E-state index contributed by atoms with van der Waals surface area (Å²) in [4.78, 5) is 24.4. The van der Waals surface area contributed by atoms with Gasteiger partial charge in [-0.3, -0.25) is 9.52 Å². The molecule has 8 heteroatoms. The van der Waals surface area contributed by atoms with Gasteiger partial charge in [0.1, 0.15) is 21.3 Å². The lowest BCUT2D eigenvalue weighted by molar-refractivity contribution is 0.0984. The van der Waals surface area contributed by atoms with Gasteiger partial charge in [-0.25, -0.2) is 9.97 Å². The number of carbonyl (C=O) groups is 1. The maximum absolute atomic E-state index is 13.0. The summed E-state index contributed by atoms with van der Waals surface area (Å²) in [5.41, 5.74) is 0.527. The van der Waals surface area contributed by atoms with E-state index in [2.05, 4.69) is 68.5 Å². The number of nitrogens with one attached hydrogen (secondary N) is 2. The smallest absolute Gasteiger partial charge is 0.265 e. The van der Waals surface area contributed by atoms with Gasteiger partial charge in [-0.2, -0.15) is 0 Å². The summed E-state index contributed by atoms with van der Waals surface area (Å²) in [6.45, 7) is 10.5. The highest BCUT2D eigenvalue weighted by molar-refractivity contribution is 9.10. The third kappa shape index (κ3) is 5.42. The average molecular weight is 478 g/mol. The van der Waals surface area contributed by atoms with Crippen LogP contribution in [0.15, 0.2) is 40.0 Å². The van der Waals surface area contributed by atoms with E-state index < -0.39 is 0 Å². The van der Waals surface area contributed by atoms with Gasteiger partial charge >= 0.3 is 0 Å². The van der Waals surface area contributed by atoms with E-state index in [1.165, 1.54) is 11.9 Å². The van der Waals surface area contributed by atoms with Gasteiger partial charge in [0.05, 0.1) is 5.56 Å². The van der Waals surface area contributed by atoms with Crippen molar-refractivity contribution in [1.29, 1.82) is 0 Å². The van der Waals surface area contributed by atoms with Gasteiger partial charge in [-0.05, 0) is 72.8 Å².